The monoisotopic (exact) mass is 334 g/mol. The predicted octanol–water partition coefficient (Wildman–Crippen LogP) is 5.50. The first kappa shape index (κ1) is 19.4. The lowest BCUT2D eigenvalue weighted by molar-refractivity contribution is -0.168. The van der Waals surface area contributed by atoms with Gasteiger partial charge in [-0.2, -0.15) is 0 Å². The van der Waals surface area contributed by atoms with Crippen molar-refractivity contribution in [2.75, 3.05) is 13.2 Å². The lowest BCUT2D eigenvalue weighted by Gasteiger charge is -2.27. The molecule has 24 heavy (non-hydrogen) atoms. The highest BCUT2D eigenvalue weighted by Gasteiger charge is 2.35. The number of carbonyl (C=O) groups excluding carboxylic acids is 1. The van der Waals surface area contributed by atoms with Gasteiger partial charge in [-0.05, 0) is 44.9 Å². The predicted molar refractivity (Wildman–Crippen MR) is 97.9 cm³/mol. The summed E-state index contributed by atoms with van der Waals surface area (Å²) in [5.74, 6) is -0.302. The highest BCUT2D eigenvalue weighted by atomic mass is 16.7. The molecule has 0 aromatic carbocycles. The average molecular weight is 335 g/mol. The van der Waals surface area contributed by atoms with Gasteiger partial charge in [-0.25, -0.2) is 0 Å². The van der Waals surface area contributed by atoms with Gasteiger partial charge in [-0.3, -0.25) is 0 Å². The van der Waals surface area contributed by atoms with Crippen LogP contribution in [0.2, 0.25) is 0 Å². The van der Waals surface area contributed by atoms with Crippen LogP contribution < -0.4 is 0 Å². The molecule has 0 aromatic rings. The second-order valence-corrected chi connectivity index (χ2v) is 7.08. The number of ether oxygens (including phenoxy) is 2. The van der Waals surface area contributed by atoms with Crippen molar-refractivity contribution >= 4 is 6.29 Å². The number of rotatable bonds is 13. The van der Waals surface area contributed by atoms with Crippen LogP contribution in [0.4, 0.5) is 0 Å². The molecule has 1 saturated heterocycles. The maximum Gasteiger partial charge on any atom is 0.168 e. The Morgan fingerprint density at radius 1 is 0.958 bits per heavy atom. The lowest BCUT2D eigenvalue weighted by Crippen LogP contribution is -2.30. The van der Waals surface area contributed by atoms with Crippen LogP contribution in [0.1, 0.15) is 83.5 Å². The Kier molecular flexibility index (Phi) is 9.37. The molecule has 0 amide bonds. The molecule has 1 aliphatic heterocycles. The van der Waals surface area contributed by atoms with Gasteiger partial charge in [-0.1, -0.05) is 43.1 Å². The second kappa shape index (κ2) is 11.6. The first-order valence-corrected chi connectivity index (χ1v) is 9.91. The fourth-order valence-corrected chi connectivity index (χ4v) is 3.67. The van der Waals surface area contributed by atoms with Gasteiger partial charge < -0.3 is 14.3 Å². The van der Waals surface area contributed by atoms with Crippen molar-refractivity contribution in [3.05, 3.63) is 23.8 Å². The molecule has 0 spiro atoms. The zero-order valence-corrected chi connectivity index (χ0v) is 15.1. The highest BCUT2D eigenvalue weighted by molar-refractivity contribution is 5.48. The second-order valence-electron chi connectivity index (χ2n) is 7.08. The minimum absolute atomic E-state index is 0.302. The Balaban J connectivity index is 1.58. The van der Waals surface area contributed by atoms with Gasteiger partial charge >= 0.3 is 0 Å². The van der Waals surface area contributed by atoms with E-state index in [9.17, 15) is 4.79 Å². The van der Waals surface area contributed by atoms with Gasteiger partial charge in [0.1, 0.15) is 6.29 Å². The van der Waals surface area contributed by atoms with E-state index < -0.39 is 0 Å². The van der Waals surface area contributed by atoms with Gasteiger partial charge in [-0.15, -0.1) is 0 Å². The molecular weight excluding hydrogens is 300 g/mol. The molecule has 0 atom stereocenters. The van der Waals surface area contributed by atoms with Crippen LogP contribution in [-0.2, 0) is 14.3 Å². The van der Waals surface area contributed by atoms with Crippen LogP contribution >= 0.6 is 0 Å². The number of hydrogen-bond acceptors (Lipinski definition) is 3. The summed E-state index contributed by atoms with van der Waals surface area (Å²) in [5.41, 5.74) is 1.59. The highest BCUT2D eigenvalue weighted by Crippen LogP contribution is 2.32. The topological polar surface area (TPSA) is 35.5 Å². The smallest absolute Gasteiger partial charge is 0.168 e. The number of carbonyl (C=O) groups is 1. The maximum absolute atomic E-state index is 10.3. The zero-order chi connectivity index (χ0) is 16.9. The summed E-state index contributed by atoms with van der Waals surface area (Å²) in [4.78, 5) is 10.3. The van der Waals surface area contributed by atoms with E-state index in [0.29, 0.717) is 6.42 Å². The van der Waals surface area contributed by atoms with Crippen molar-refractivity contribution in [2.24, 2.45) is 0 Å². The molecule has 0 bridgehead atoms. The Morgan fingerprint density at radius 3 is 2.38 bits per heavy atom. The Morgan fingerprint density at radius 2 is 1.67 bits per heavy atom. The van der Waals surface area contributed by atoms with E-state index in [1.165, 1.54) is 44.9 Å². The third-order valence-corrected chi connectivity index (χ3v) is 5.10. The van der Waals surface area contributed by atoms with Crippen LogP contribution in [0, 0.1) is 0 Å². The summed E-state index contributed by atoms with van der Waals surface area (Å²) in [5, 5.41) is 0. The van der Waals surface area contributed by atoms with Crippen molar-refractivity contribution in [3.63, 3.8) is 0 Å². The molecule has 0 radical (unpaired) electrons. The standard InChI is InChI=1S/C21H34O3/c22-17-11-4-2-1-3-9-15-21(23-18-19-24-21)16-10-8-14-20-12-6-5-7-13-20/h5-6,12,17H,1-4,7-11,13-16,18-19H2. The maximum atomic E-state index is 10.3. The van der Waals surface area contributed by atoms with Crippen molar-refractivity contribution in [1.29, 1.82) is 0 Å². The van der Waals surface area contributed by atoms with E-state index in [1.54, 1.807) is 5.57 Å². The number of aldehydes is 1. The minimum Gasteiger partial charge on any atom is -0.348 e. The molecule has 3 nitrogen and oxygen atoms in total. The summed E-state index contributed by atoms with van der Waals surface area (Å²) >= 11 is 0. The van der Waals surface area contributed by atoms with Gasteiger partial charge in [0.05, 0.1) is 13.2 Å². The summed E-state index contributed by atoms with van der Waals surface area (Å²) in [7, 11) is 0. The summed E-state index contributed by atoms with van der Waals surface area (Å²) in [6, 6.07) is 0. The van der Waals surface area contributed by atoms with Crippen LogP contribution in [0.25, 0.3) is 0 Å². The van der Waals surface area contributed by atoms with Crippen LogP contribution in [0.5, 0.6) is 0 Å². The van der Waals surface area contributed by atoms with Gasteiger partial charge in [0, 0.05) is 19.3 Å². The van der Waals surface area contributed by atoms with Crippen LogP contribution in [-0.4, -0.2) is 25.3 Å². The van der Waals surface area contributed by atoms with Crippen molar-refractivity contribution < 1.29 is 14.3 Å². The third kappa shape index (κ3) is 7.31. The molecule has 0 saturated carbocycles. The zero-order valence-electron chi connectivity index (χ0n) is 15.1. The van der Waals surface area contributed by atoms with Gasteiger partial charge in [0.2, 0.25) is 0 Å². The SMILES string of the molecule is O=CCCCCCCCC1(CCCCC2=CC=CCC2)OCCO1. The third-order valence-electron chi connectivity index (χ3n) is 5.10. The first-order chi connectivity index (χ1) is 11.8. The van der Waals surface area contributed by atoms with Gasteiger partial charge in [0.15, 0.2) is 5.79 Å². The van der Waals surface area contributed by atoms with E-state index in [2.05, 4.69) is 18.2 Å². The minimum atomic E-state index is -0.302. The fraction of sp³-hybridized carbons (Fsp3) is 0.762. The number of hydrogen-bond donors (Lipinski definition) is 0. The van der Waals surface area contributed by atoms with E-state index in [0.717, 1.165) is 51.6 Å². The molecule has 0 unspecified atom stereocenters. The average Bonchev–Trinajstić information content (AvgIpc) is 3.08. The van der Waals surface area contributed by atoms with E-state index in [1.807, 2.05) is 0 Å². The molecule has 1 fully saturated rings. The molecule has 0 aromatic heterocycles. The number of allylic oxidation sites excluding steroid dienone is 4. The molecule has 2 aliphatic rings. The normalized spacial score (nSPS) is 19.4. The molecule has 1 heterocycles. The van der Waals surface area contributed by atoms with Crippen molar-refractivity contribution in [2.45, 2.75) is 89.3 Å². The van der Waals surface area contributed by atoms with E-state index in [4.69, 9.17) is 9.47 Å². The van der Waals surface area contributed by atoms with E-state index in [-0.39, 0.29) is 5.79 Å². The Bertz CT molecular complexity index is 405. The van der Waals surface area contributed by atoms with Crippen LogP contribution in [0.3, 0.4) is 0 Å². The Hall–Kier alpha value is -0.930. The summed E-state index contributed by atoms with van der Waals surface area (Å²) in [6.07, 6.45) is 22.4. The molecule has 0 N–H and O–H groups in total. The molecular formula is C21H34O3. The quantitative estimate of drug-likeness (QED) is 0.330. The fourth-order valence-electron chi connectivity index (χ4n) is 3.67. The van der Waals surface area contributed by atoms with Gasteiger partial charge in [0.25, 0.3) is 0 Å². The Labute approximate surface area is 147 Å². The largest absolute Gasteiger partial charge is 0.348 e. The van der Waals surface area contributed by atoms with E-state index >= 15 is 0 Å². The number of unbranched alkanes of at least 4 members (excludes halogenated alkanes) is 6. The van der Waals surface area contributed by atoms with Crippen molar-refractivity contribution in [1.82, 2.24) is 0 Å². The first-order valence-electron chi connectivity index (χ1n) is 9.91. The molecule has 136 valence electrons. The van der Waals surface area contributed by atoms with Crippen LogP contribution in [0.15, 0.2) is 23.8 Å². The molecule has 1 aliphatic carbocycles. The molecule has 2 rings (SSSR count). The molecule has 3 heteroatoms. The van der Waals surface area contributed by atoms with Crippen molar-refractivity contribution in [3.8, 4) is 0 Å². The summed E-state index contributed by atoms with van der Waals surface area (Å²) < 4.78 is 12.0. The lowest BCUT2D eigenvalue weighted by atomic mass is 9.96. The summed E-state index contributed by atoms with van der Waals surface area (Å²) in [6.45, 7) is 1.49.